The molecular formula is C17H17BrN2O2. The van der Waals surface area contributed by atoms with Crippen molar-refractivity contribution in [1.82, 2.24) is 5.32 Å². The van der Waals surface area contributed by atoms with Crippen molar-refractivity contribution in [2.45, 2.75) is 26.3 Å². The fourth-order valence-electron chi connectivity index (χ4n) is 2.17. The van der Waals surface area contributed by atoms with Gasteiger partial charge in [0.2, 0.25) is 5.91 Å². The van der Waals surface area contributed by atoms with E-state index < -0.39 is 0 Å². The minimum Gasteiger partial charge on any atom is -0.478 e. The lowest BCUT2D eigenvalue weighted by Crippen LogP contribution is -2.21. The van der Waals surface area contributed by atoms with Crippen LogP contribution in [0.5, 0.6) is 5.75 Å². The second-order valence-electron chi connectivity index (χ2n) is 4.91. The van der Waals surface area contributed by atoms with E-state index in [9.17, 15) is 4.79 Å². The number of amides is 1. The highest BCUT2D eigenvalue weighted by atomic mass is 79.9. The van der Waals surface area contributed by atoms with E-state index >= 15 is 0 Å². The lowest BCUT2D eigenvalue weighted by molar-refractivity contribution is -0.121. The zero-order chi connectivity index (χ0) is 15.9. The summed E-state index contributed by atoms with van der Waals surface area (Å²) in [5, 5.41) is 13.6. The molecule has 0 bridgehead atoms. The van der Waals surface area contributed by atoms with E-state index in [2.05, 4.69) is 21.2 Å². The number of rotatable bonds is 6. The van der Waals surface area contributed by atoms with Crippen LogP contribution in [0.1, 0.15) is 25.3 Å². The fraction of sp³-hybridized carbons (Fsp3) is 0.294. The molecule has 2 aromatic carbocycles. The van der Waals surface area contributed by atoms with Crippen LogP contribution >= 0.6 is 15.9 Å². The highest BCUT2D eigenvalue weighted by Crippen LogP contribution is 2.33. The van der Waals surface area contributed by atoms with E-state index in [0.717, 1.165) is 27.2 Å². The number of carbonyl (C=O) groups excluding carboxylic acids is 1. The molecule has 0 atom stereocenters. The van der Waals surface area contributed by atoms with Gasteiger partial charge in [0.15, 0.2) is 6.61 Å². The summed E-state index contributed by atoms with van der Waals surface area (Å²) in [5.41, 5.74) is 1.05. The van der Waals surface area contributed by atoms with Gasteiger partial charge in [0.25, 0.3) is 0 Å². The van der Waals surface area contributed by atoms with Gasteiger partial charge in [0, 0.05) is 13.0 Å². The normalized spacial score (nSPS) is 10.2. The Labute approximate surface area is 138 Å². The average molecular weight is 361 g/mol. The molecule has 22 heavy (non-hydrogen) atoms. The molecule has 0 heterocycles. The summed E-state index contributed by atoms with van der Waals surface area (Å²) in [4.78, 5) is 11.5. The average Bonchev–Trinajstić information content (AvgIpc) is 2.52. The molecular weight excluding hydrogens is 344 g/mol. The van der Waals surface area contributed by atoms with Crippen LogP contribution in [0.2, 0.25) is 0 Å². The lowest BCUT2D eigenvalue weighted by Gasteiger charge is -2.10. The minimum atomic E-state index is 0.0195. The Bertz CT molecular complexity index is 722. The van der Waals surface area contributed by atoms with E-state index in [1.54, 1.807) is 0 Å². The first-order valence-electron chi connectivity index (χ1n) is 7.13. The van der Waals surface area contributed by atoms with Crippen LogP contribution in [0.4, 0.5) is 0 Å². The predicted molar refractivity (Wildman–Crippen MR) is 89.5 cm³/mol. The van der Waals surface area contributed by atoms with Crippen molar-refractivity contribution in [3.05, 3.63) is 40.4 Å². The molecule has 2 rings (SSSR count). The first-order chi connectivity index (χ1) is 10.7. The van der Waals surface area contributed by atoms with E-state index in [0.29, 0.717) is 18.7 Å². The Balaban J connectivity index is 2.18. The number of fused-ring (bicyclic) bond motifs is 1. The molecule has 0 aliphatic heterocycles. The Hall–Kier alpha value is -2.06. The van der Waals surface area contributed by atoms with E-state index in [1.165, 1.54) is 0 Å². The maximum atomic E-state index is 11.5. The maximum absolute atomic E-state index is 11.5. The minimum absolute atomic E-state index is 0.0195. The van der Waals surface area contributed by atoms with Crippen molar-refractivity contribution < 1.29 is 9.53 Å². The van der Waals surface area contributed by atoms with E-state index in [1.807, 2.05) is 43.3 Å². The number of hydrogen-bond donors (Lipinski definition) is 1. The molecule has 2 aromatic rings. The predicted octanol–water partition coefficient (Wildman–Crippen LogP) is 3.92. The van der Waals surface area contributed by atoms with Crippen molar-refractivity contribution in [1.29, 1.82) is 5.26 Å². The Morgan fingerprint density at radius 2 is 2.18 bits per heavy atom. The van der Waals surface area contributed by atoms with Crippen molar-refractivity contribution in [3.8, 4) is 11.8 Å². The molecule has 5 heteroatoms. The standard InChI is InChI=1S/C17H17BrN2O2/c1-2-3-16(21)20-11-12-4-6-14-13(10-12)5-7-15(17(14)18)22-9-8-19/h4-7,10H,2-3,9,11H2,1H3,(H,20,21). The van der Waals surface area contributed by atoms with Gasteiger partial charge in [-0.3, -0.25) is 4.79 Å². The number of benzene rings is 2. The maximum Gasteiger partial charge on any atom is 0.220 e. The number of ether oxygens (including phenoxy) is 1. The smallest absolute Gasteiger partial charge is 0.220 e. The summed E-state index contributed by atoms with van der Waals surface area (Å²) in [7, 11) is 0. The fourth-order valence-corrected chi connectivity index (χ4v) is 2.78. The molecule has 1 amide bonds. The first-order valence-corrected chi connectivity index (χ1v) is 7.92. The van der Waals surface area contributed by atoms with Crippen LogP contribution in [-0.2, 0) is 11.3 Å². The molecule has 0 saturated heterocycles. The molecule has 1 N–H and O–H groups in total. The number of nitrogens with zero attached hydrogens (tertiary/aromatic N) is 1. The van der Waals surface area contributed by atoms with Crippen molar-refractivity contribution >= 4 is 32.6 Å². The molecule has 0 saturated carbocycles. The van der Waals surface area contributed by atoms with Crippen LogP contribution < -0.4 is 10.1 Å². The van der Waals surface area contributed by atoms with Gasteiger partial charge in [-0.05, 0) is 50.8 Å². The van der Waals surface area contributed by atoms with Gasteiger partial charge in [-0.2, -0.15) is 5.26 Å². The molecule has 0 unspecified atom stereocenters. The van der Waals surface area contributed by atoms with Crippen molar-refractivity contribution in [2.75, 3.05) is 6.61 Å². The molecule has 0 aliphatic carbocycles. The summed E-state index contributed by atoms with van der Waals surface area (Å²) in [6.07, 6.45) is 1.40. The van der Waals surface area contributed by atoms with Gasteiger partial charge in [0.05, 0.1) is 4.47 Å². The topological polar surface area (TPSA) is 62.1 Å². The van der Waals surface area contributed by atoms with Crippen LogP contribution in [0.3, 0.4) is 0 Å². The van der Waals surface area contributed by atoms with Crippen molar-refractivity contribution in [3.63, 3.8) is 0 Å². The first kappa shape index (κ1) is 16.3. The highest BCUT2D eigenvalue weighted by molar-refractivity contribution is 9.10. The number of nitrogens with one attached hydrogen (secondary N) is 1. The molecule has 0 spiro atoms. The molecule has 0 fully saturated rings. The molecule has 0 aromatic heterocycles. The van der Waals surface area contributed by atoms with Gasteiger partial charge >= 0.3 is 0 Å². The van der Waals surface area contributed by atoms with E-state index in [-0.39, 0.29) is 12.5 Å². The Morgan fingerprint density at radius 1 is 1.36 bits per heavy atom. The third kappa shape index (κ3) is 3.99. The second kappa shape index (κ2) is 7.81. The molecule has 114 valence electrons. The Kier molecular flexibility index (Phi) is 5.79. The van der Waals surface area contributed by atoms with Gasteiger partial charge in [-0.15, -0.1) is 0 Å². The number of halogens is 1. The quantitative estimate of drug-likeness (QED) is 0.848. The summed E-state index contributed by atoms with van der Waals surface area (Å²) in [5.74, 6) is 0.724. The number of hydrogen-bond acceptors (Lipinski definition) is 3. The van der Waals surface area contributed by atoms with Crippen LogP contribution in [0, 0.1) is 11.3 Å². The van der Waals surface area contributed by atoms with Gasteiger partial charge in [0.1, 0.15) is 11.8 Å². The van der Waals surface area contributed by atoms with Crippen LogP contribution in [0.15, 0.2) is 34.8 Å². The molecule has 0 radical (unpaired) electrons. The summed E-state index contributed by atoms with van der Waals surface area (Å²) < 4.78 is 6.20. The van der Waals surface area contributed by atoms with Gasteiger partial charge < -0.3 is 10.1 Å². The van der Waals surface area contributed by atoms with Crippen molar-refractivity contribution in [2.24, 2.45) is 0 Å². The zero-order valence-corrected chi connectivity index (χ0v) is 13.9. The lowest BCUT2D eigenvalue weighted by atomic mass is 10.1. The van der Waals surface area contributed by atoms with Gasteiger partial charge in [-0.1, -0.05) is 25.1 Å². The Morgan fingerprint density at radius 3 is 2.91 bits per heavy atom. The number of nitriles is 1. The third-order valence-corrected chi connectivity index (χ3v) is 4.06. The second-order valence-corrected chi connectivity index (χ2v) is 5.70. The monoisotopic (exact) mass is 360 g/mol. The number of carbonyl (C=O) groups is 1. The molecule has 0 aliphatic rings. The summed E-state index contributed by atoms with van der Waals surface area (Å²) in [6, 6.07) is 11.7. The largest absolute Gasteiger partial charge is 0.478 e. The summed E-state index contributed by atoms with van der Waals surface area (Å²) in [6.45, 7) is 2.53. The molecule has 4 nitrogen and oxygen atoms in total. The SMILES string of the molecule is CCCC(=O)NCc1ccc2c(Br)c(OCC#N)ccc2c1. The highest BCUT2D eigenvalue weighted by Gasteiger charge is 2.07. The zero-order valence-electron chi connectivity index (χ0n) is 12.4. The van der Waals surface area contributed by atoms with E-state index in [4.69, 9.17) is 10.00 Å². The third-order valence-electron chi connectivity index (χ3n) is 3.24. The summed E-state index contributed by atoms with van der Waals surface area (Å²) >= 11 is 3.52. The van der Waals surface area contributed by atoms with Gasteiger partial charge in [-0.25, -0.2) is 0 Å². The van der Waals surface area contributed by atoms with Crippen LogP contribution in [-0.4, -0.2) is 12.5 Å². The van der Waals surface area contributed by atoms with Crippen LogP contribution in [0.25, 0.3) is 10.8 Å².